The number of ether oxygens (including phenoxy) is 2. The topological polar surface area (TPSA) is 85.4 Å². The molecule has 31 heavy (non-hydrogen) atoms. The molecule has 1 heterocycles. The number of hydrogen-bond acceptors (Lipinski definition) is 6. The van der Waals surface area contributed by atoms with Gasteiger partial charge >= 0.3 is 0 Å². The molecule has 0 saturated carbocycles. The molecule has 0 radical (unpaired) electrons. The fourth-order valence-corrected chi connectivity index (χ4v) is 2.92. The first-order valence-electron chi connectivity index (χ1n) is 10.0. The molecule has 0 spiro atoms. The van der Waals surface area contributed by atoms with Crippen LogP contribution in [0.5, 0.6) is 11.5 Å². The standard InChI is InChI=1S/C24H26N4O3/c1-4-12-30-21-8-6-7-9-22(21)31-15-24(29)28-20-14-19(11-10-18(20)5-2)27-23-13-17(3)25-16-26-23/h4,6-11,13-14,16H,1,5,12,15H2,2-3H3,(H,28,29)(H,25,26,27). The van der Waals surface area contributed by atoms with Crippen LogP contribution in [0.4, 0.5) is 17.2 Å². The van der Waals surface area contributed by atoms with Crippen molar-refractivity contribution in [3.63, 3.8) is 0 Å². The Morgan fingerprint density at radius 1 is 1.10 bits per heavy atom. The molecule has 7 heteroatoms. The second-order valence-corrected chi connectivity index (χ2v) is 6.78. The molecule has 0 unspecified atom stereocenters. The van der Waals surface area contributed by atoms with Crippen molar-refractivity contribution in [2.45, 2.75) is 20.3 Å². The molecular weight excluding hydrogens is 392 g/mol. The molecule has 0 aliphatic rings. The van der Waals surface area contributed by atoms with Crippen molar-refractivity contribution in [3.8, 4) is 11.5 Å². The lowest BCUT2D eigenvalue weighted by atomic mass is 10.1. The number of para-hydroxylation sites is 2. The molecule has 3 aromatic rings. The van der Waals surface area contributed by atoms with Gasteiger partial charge in [-0.2, -0.15) is 0 Å². The third-order valence-electron chi connectivity index (χ3n) is 4.41. The van der Waals surface area contributed by atoms with E-state index in [0.717, 1.165) is 29.1 Å². The number of carbonyl (C=O) groups excluding carboxylic acids is 1. The van der Waals surface area contributed by atoms with E-state index in [4.69, 9.17) is 9.47 Å². The molecular formula is C24H26N4O3. The normalized spacial score (nSPS) is 10.3. The number of nitrogens with zero attached hydrogens (tertiary/aromatic N) is 2. The van der Waals surface area contributed by atoms with Crippen molar-refractivity contribution in [2.24, 2.45) is 0 Å². The minimum absolute atomic E-state index is 0.139. The van der Waals surface area contributed by atoms with Gasteiger partial charge in [-0.25, -0.2) is 9.97 Å². The molecule has 160 valence electrons. The van der Waals surface area contributed by atoms with Gasteiger partial charge in [0.25, 0.3) is 5.91 Å². The number of aryl methyl sites for hydroxylation is 2. The van der Waals surface area contributed by atoms with Crippen molar-refractivity contribution < 1.29 is 14.3 Å². The fraction of sp³-hybridized carbons (Fsp3) is 0.208. The van der Waals surface area contributed by atoms with Crippen LogP contribution in [0, 0.1) is 6.92 Å². The first kappa shape index (κ1) is 21.8. The van der Waals surface area contributed by atoms with Gasteiger partial charge in [-0.05, 0) is 43.2 Å². The Kier molecular flexibility index (Phi) is 7.59. The first-order valence-corrected chi connectivity index (χ1v) is 10.0. The lowest BCUT2D eigenvalue weighted by molar-refractivity contribution is -0.118. The summed E-state index contributed by atoms with van der Waals surface area (Å²) < 4.78 is 11.2. The number of anilines is 3. The predicted molar refractivity (Wildman–Crippen MR) is 122 cm³/mol. The third-order valence-corrected chi connectivity index (χ3v) is 4.41. The van der Waals surface area contributed by atoms with Crippen LogP contribution in [0.1, 0.15) is 18.2 Å². The number of benzene rings is 2. The maximum atomic E-state index is 12.6. The number of nitrogens with one attached hydrogen (secondary N) is 2. The van der Waals surface area contributed by atoms with Crippen LogP contribution in [0.2, 0.25) is 0 Å². The largest absolute Gasteiger partial charge is 0.486 e. The van der Waals surface area contributed by atoms with Crippen LogP contribution >= 0.6 is 0 Å². The Balaban J connectivity index is 1.67. The molecule has 0 aliphatic heterocycles. The zero-order valence-electron chi connectivity index (χ0n) is 17.7. The van der Waals surface area contributed by atoms with Gasteiger partial charge in [-0.1, -0.05) is 37.8 Å². The van der Waals surface area contributed by atoms with Crippen molar-refractivity contribution >= 4 is 23.1 Å². The van der Waals surface area contributed by atoms with Crippen LogP contribution in [0.15, 0.2) is 67.5 Å². The second-order valence-electron chi connectivity index (χ2n) is 6.78. The molecule has 0 saturated heterocycles. The lowest BCUT2D eigenvalue weighted by Gasteiger charge is -2.14. The van der Waals surface area contributed by atoms with Gasteiger partial charge in [-0.15, -0.1) is 0 Å². The van der Waals surface area contributed by atoms with Gasteiger partial charge in [0.2, 0.25) is 0 Å². The van der Waals surface area contributed by atoms with E-state index in [1.54, 1.807) is 18.2 Å². The third kappa shape index (κ3) is 6.30. The molecule has 0 aliphatic carbocycles. The van der Waals surface area contributed by atoms with E-state index in [0.29, 0.717) is 23.9 Å². The summed E-state index contributed by atoms with van der Waals surface area (Å²) in [5.74, 6) is 1.50. The number of carbonyl (C=O) groups is 1. The Morgan fingerprint density at radius 2 is 1.87 bits per heavy atom. The first-order chi connectivity index (χ1) is 15.1. The van der Waals surface area contributed by atoms with Crippen LogP contribution in [-0.2, 0) is 11.2 Å². The number of rotatable bonds is 10. The average Bonchev–Trinajstić information content (AvgIpc) is 2.77. The van der Waals surface area contributed by atoms with E-state index in [-0.39, 0.29) is 12.5 Å². The van der Waals surface area contributed by atoms with Crippen molar-refractivity contribution in [2.75, 3.05) is 23.8 Å². The number of amides is 1. The molecule has 1 amide bonds. The van der Waals surface area contributed by atoms with Crippen LogP contribution < -0.4 is 20.1 Å². The Morgan fingerprint density at radius 3 is 2.58 bits per heavy atom. The molecule has 0 bridgehead atoms. The maximum Gasteiger partial charge on any atom is 0.262 e. The highest BCUT2D eigenvalue weighted by molar-refractivity contribution is 5.93. The van der Waals surface area contributed by atoms with Gasteiger partial charge in [0, 0.05) is 23.1 Å². The van der Waals surface area contributed by atoms with E-state index in [1.165, 1.54) is 6.33 Å². The molecule has 3 rings (SSSR count). The maximum absolute atomic E-state index is 12.6. The van der Waals surface area contributed by atoms with Crippen molar-refractivity contribution in [3.05, 3.63) is 78.8 Å². The highest BCUT2D eigenvalue weighted by Crippen LogP contribution is 2.27. The highest BCUT2D eigenvalue weighted by atomic mass is 16.5. The quantitative estimate of drug-likeness (QED) is 0.465. The Labute approximate surface area is 182 Å². The zero-order valence-corrected chi connectivity index (χ0v) is 17.7. The summed E-state index contributed by atoms with van der Waals surface area (Å²) >= 11 is 0. The van der Waals surface area contributed by atoms with Crippen LogP contribution in [-0.4, -0.2) is 29.1 Å². The second kappa shape index (κ2) is 10.8. The van der Waals surface area contributed by atoms with E-state index in [1.807, 2.05) is 50.2 Å². The van der Waals surface area contributed by atoms with E-state index in [2.05, 4.69) is 27.2 Å². The molecule has 0 atom stereocenters. The van der Waals surface area contributed by atoms with Crippen LogP contribution in [0.25, 0.3) is 0 Å². The minimum Gasteiger partial charge on any atom is -0.486 e. The average molecular weight is 418 g/mol. The zero-order chi connectivity index (χ0) is 22.1. The van der Waals surface area contributed by atoms with Gasteiger partial charge in [0.1, 0.15) is 18.8 Å². The molecule has 7 nitrogen and oxygen atoms in total. The van der Waals surface area contributed by atoms with Crippen LogP contribution in [0.3, 0.4) is 0 Å². The summed E-state index contributed by atoms with van der Waals surface area (Å²) in [5, 5.41) is 6.17. The lowest BCUT2D eigenvalue weighted by Crippen LogP contribution is -2.21. The number of aromatic nitrogens is 2. The summed E-state index contributed by atoms with van der Waals surface area (Å²) in [7, 11) is 0. The fourth-order valence-electron chi connectivity index (χ4n) is 2.92. The van der Waals surface area contributed by atoms with E-state index in [9.17, 15) is 4.79 Å². The monoisotopic (exact) mass is 418 g/mol. The van der Waals surface area contributed by atoms with Gasteiger partial charge in [-0.3, -0.25) is 4.79 Å². The van der Waals surface area contributed by atoms with Gasteiger partial charge < -0.3 is 20.1 Å². The van der Waals surface area contributed by atoms with Crippen molar-refractivity contribution in [1.29, 1.82) is 0 Å². The predicted octanol–water partition coefficient (Wildman–Crippen LogP) is 4.67. The smallest absolute Gasteiger partial charge is 0.262 e. The molecule has 1 aromatic heterocycles. The molecule has 2 aromatic carbocycles. The summed E-state index contributed by atoms with van der Waals surface area (Å²) in [5.41, 5.74) is 3.43. The highest BCUT2D eigenvalue weighted by Gasteiger charge is 2.11. The SMILES string of the molecule is C=CCOc1ccccc1OCC(=O)Nc1cc(Nc2cc(C)ncn2)ccc1CC. The van der Waals surface area contributed by atoms with E-state index < -0.39 is 0 Å². The van der Waals surface area contributed by atoms with E-state index >= 15 is 0 Å². The van der Waals surface area contributed by atoms with Gasteiger partial charge in [0.05, 0.1) is 0 Å². The summed E-state index contributed by atoms with van der Waals surface area (Å²) in [6.07, 6.45) is 3.94. The molecule has 0 fully saturated rings. The summed E-state index contributed by atoms with van der Waals surface area (Å²) in [6.45, 7) is 7.80. The summed E-state index contributed by atoms with van der Waals surface area (Å²) in [4.78, 5) is 20.9. The Hall–Kier alpha value is -3.87. The molecule has 2 N–H and O–H groups in total. The number of hydrogen-bond donors (Lipinski definition) is 2. The Bertz CT molecular complexity index is 1050. The van der Waals surface area contributed by atoms with Crippen molar-refractivity contribution in [1.82, 2.24) is 9.97 Å². The van der Waals surface area contributed by atoms with Gasteiger partial charge in [0.15, 0.2) is 18.1 Å². The minimum atomic E-state index is -0.261. The summed E-state index contributed by atoms with van der Waals surface area (Å²) in [6, 6.07) is 14.9.